The van der Waals surface area contributed by atoms with Crippen LogP contribution in [0.5, 0.6) is 5.75 Å². The zero-order valence-electron chi connectivity index (χ0n) is 19.1. The summed E-state index contributed by atoms with van der Waals surface area (Å²) in [6.07, 6.45) is -2.64. The number of ether oxygens (including phenoxy) is 2. The van der Waals surface area contributed by atoms with Crippen molar-refractivity contribution in [3.63, 3.8) is 0 Å². The van der Waals surface area contributed by atoms with E-state index in [4.69, 9.17) is 14.7 Å². The fraction of sp³-hybridized carbons (Fsp3) is 0.318. The molecule has 14 heteroatoms. The molecule has 36 heavy (non-hydrogen) atoms. The van der Waals surface area contributed by atoms with Crippen LogP contribution in [-0.4, -0.2) is 61.4 Å². The minimum atomic E-state index is -4.54. The molecular formula is C22H21F3N4O6S. The molecule has 0 saturated heterocycles. The molecule has 0 saturated carbocycles. The Hall–Kier alpha value is -3.81. The summed E-state index contributed by atoms with van der Waals surface area (Å²) < 4.78 is 61.7. The van der Waals surface area contributed by atoms with E-state index in [1.165, 1.54) is 32.2 Å². The molecular weight excluding hydrogens is 505 g/mol. The predicted octanol–water partition coefficient (Wildman–Crippen LogP) is 3.27. The Morgan fingerprint density at radius 1 is 1.28 bits per heavy atom. The number of carbonyl (C=O) groups excluding carboxylic acids is 2. The summed E-state index contributed by atoms with van der Waals surface area (Å²) in [5.41, 5.74) is 0.932. The molecule has 0 aliphatic carbocycles. The number of hydrogen-bond acceptors (Lipinski definition) is 9. The van der Waals surface area contributed by atoms with Crippen LogP contribution in [0.4, 0.5) is 13.2 Å². The lowest BCUT2D eigenvalue weighted by Gasteiger charge is -2.14. The number of nitrogens with zero attached hydrogens (tertiary/aromatic N) is 4. The summed E-state index contributed by atoms with van der Waals surface area (Å²) >= 11 is 0. The zero-order chi connectivity index (χ0) is 26.5. The van der Waals surface area contributed by atoms with Crippen molar-refractivity contribution in [2.24, 2.45) is 11.1 Å². The number of pyridine rings is 1. The van der Waals surface area contributed by atoms with Gasteiger partial charge in [-0.1, -0.05) is 12.1 Å². The number of imidazole rings is 1. The van der Waals surface area contributed by atoms with Crippen LogP contribution in [-0.2, 0) is 26.1 Å². The molecule has 0 bridgehead atoms. The number of alkyl halides is 3. The molecule has 192 valence electrons. The van der Waals surface area contributed by atoms with Crippen LogP contribution in [0.25, 0.3) is 11.0 Å². The summed E-state index contributed by atoms with van der Waals surface area (Å²) in [6, 6.07) is 7.59. The maximum Gasteiger partial charge on any atom is 0.422 e. The summed E-state index contributed by atoms with van der Waals surface area (Å²) in [5, 5.41) is 11.5. The number of rotatable bonds is 9. The number of para-hydroxylation sites is 2. The first-order valence-corrected chi connectivity index (χ1v) is 11.8. The molecule has 3 rings (SSSR count). The highest BCUT2D eigenvalue weighted by Crippen LogP contribution is 2.26. The lowest BCUT2D eigenvalue weighted by molar-refractivity contribution is -0.153. The number of aromatic nitrogens is 3. The van der Waals surface area contributed by atoms with Crippen LogP contribution < -0.4 is 4.74 Å². The molecule has 0 fully saturated rings. The van der Waals surface area contributed by atoms with Crippen molar-refractivity contribution in [3.8, 4) is 5.75 Å². The van der Waals surface area contributed by atoms with E-state index in [9.17, 15) is 27.0 Å². The molecule has 0 aliphatic rings. The standard InChI is InChI=1S/C22H21F3N4O6S/c1-3-34-20(31)14(10-27-32)19(30)29-17-7-5-4-6-15(17)28-21(29)36(33)11-16-13(2)18(8-9-26-16)35-12-22(23,24)25/h4-10,14,32H,3,11-12H2,1-2H3/b27-10+. The van der Waals surface area contributed by atoms with Crippen molar-refractivity contribution in [1.29, 1.82) is 0 Å². The van der Waals surface area contributed by atoms with E-state index in [1.54, 1.807) is 18.2 Å². The Morgan fingerprint density at radius 2 is 2.00 bits per heavy atom. The zero-order valence-corrected chi connectivity index (χ0v) is 19.9. The monoisotopic (exact) mass is 526 g/mol. The maximum absolute atomic E-state index is 13.4. The Labute approximate surface area is 205 Å². The minimum Gasteiger partial charge on any atom is -0.484 e. The highest BCUT2D eigenvalue weighted by molar-refractivity contribution is 7.84. The van der Waals surface area contributed by atoms with E-state index >= 15 is 0 Å². The van der Waals surface area contributed by atoms with Gasteiger partial charge in [0.05, 0.1) is 46.1 Å². The smallest absolute Gasteiger partial charge is 0.422 e. The largest absolute Gasteiger partial charge is 0.484 e. The number of fused-ring (bicyclic) bond motifs is 1. The second-order valence-corrected chi connectivity index (χ2v) is 8.67. The Bertz CT molecular complexity index is 1320. The van der Waals surface area contributed by atoms with Gasteiger partial charge in [-0.2, -0.15) is 13.2 Å². The highest BCUT2D eigenvalue weighted by atomic mass is 32.2. The molecule has 0 amide bonds. The topological polar surface area (TPSA) is 133 Å². The Balaban J connectivity index is 2.01. The average Bonchev–Trinajstić information content (AvgIpc) is 3.22. The number of benzene rings is 1. The predicted molar refractivity (Wildman–Crippen MR) is 121 cm³/mol. The van der Waals surface area contributed by atoms with Crippen molar-refractivity contribution in [2.45, 2.75) is 30.9 Å². The van der Waals surface area contributed by atoms with Gasteiger partial charge in [-0.3, -0.25) is 23.3 Å². The first kappa shape index (κ1) is 26.8. The average molecular weight is 526 g/mol. The van der Waals surface area contributed by atoms with Crippen LogP contribution in [0.15, 0.2) is 46.8 Å². The first-order valence-electron chi connectivity index (χ1n) is 10.5. The van der Waals surface area contributed by atoms with Gasteiger partial charge in [0.15, 0.2) is 12.5 Å². The summed E-state index contributed by atoms with van der Waals surface area (Å²) in [4.78, 5) is 34.0. The van der Waals surface area contributed by atoms with Crippen LogP contribution in [0.3, 0.4) is 0 Å². The summed E-state index contributed by atoms with van der Waals surface area (Å²) in [5.74, 6) is -3.95. The van der Waals surface area contributed by atoms with E-state index in [0.717, 1.165) is 4.57 Å². The van der Waals surface area contributed by atoms with E-state index < -0.39 is 41.4 Å². The minimum absolute atomic E-state index is 0.0386. The van der Waals surface area contributed by atoms with Crippen molar-refractivity contribution < 1.29 is 41.7 Å². The highest BCUT2D eigenvalue weighted by Gasteiger charge is 2.33. The number of hydrogen-bond donors (Lipinski definition) is 1. The fourth-order valence-electron chi connectivity index (χ4n) is 3.24. The van der Waals surface area contributed by atoms with Gasteiger partial charge in [-0.25, -0.2) is 4.98 Å². The third-order valence-electron chi connectivity index (χ3n) is 4.89. The van der Waals surface area contributed by atoms with Crippen molar-refractivity contribution in [2.75, 3.05) is 13.2 Å². The van der Waals surface area contributed by atoms with Gasteiger partial charge in [0.2, 0.25) is 5.16 Å². The van der Waals surface area contributed by atoms with Gasteiger partial charge in [0.25, 0.3) is 5.91 Å². The molecule has 1 N–H and O–H groups in total. The second kappa shape index (κ2) is 11.3. The molecule has 2 unspecified atom stereocenters. The van der Waals surface area contributed by atoms with E-state index in [1.807, 2.05) is 0 Å². The van der Waals surface area contributed by atoms with Crippen LogP contribution in [0, 0.1) is 12.8 Å². The number of oxime groups is 1. The van der Waals surface area contributed by atoms with E-state index in [2.05, 4.69) is 15.1 Å². The Morgan fingerprint density at radius 3 is 2.67 bits per heavy atom. The quantitative estimate of drug-likeness (QED) is 0.148. The van der Waals surface area contributed by atoms with Crippen molar-refractivity contribution in [3.05, 3.63) is 47.8 Å². The van der Waals surface area contributed by atoms with Crippen molar-refractivity contribution >= 4 is 39.9 Å². The SMILES string of the molecule is CCOC(=O)C(/C=N/O)C(=O)n1c(S(=O)Cc2nccc(OCC(F)(F)F)c2C)nc2ccccc21. The molecule has 2 aromatic heterocycles. The molecule has 1 aromatic carbocycles. The fourth-order valence-corrected chi connectivity index (χ4v) is 4.50. The van der Waals surface area contributed by atoms with Gasteiger partial charge in [0, 0.05) is 11.8 Å². The first-order chi connectivity index (χ1) is 17.1. The summed E-state index contributed by atoms with van der Waals surface area (Å²) in [6.45, 7) is 1.45. The molecule has 10 nitrogen and oxygen atoms in total. The maximum atomic E-state index is 13.4. The van der Waals surface area contributed by atoms with E-state index in [0.29, 0.717) is 11.7 Å². The van der Waals surface area contributed by atoms with Crippen LogP contribution >= 0.6 is 0 Å². The van der Waals surface area contributed by atoms with Crippen LogP contribution in [0.1, 0.15) is 23.0 Å². The van der Waals surface area contributed by atoms with Gasteiger partial charge in [0.1, 0.15) is 5.75 Å². The molecule has 2 heterocycles. The third kappa shape index (κ3) is 6.05. The van der Waals surface area contributed by atoms with E-state index in [-0.39, 0.29) is 40.0 Å². The molecule has 3 aromatic rings. The van der Waals surface area contributed by atoms with Gasteiger partial charge in [-0.15, -0.1) is 5.16 Å². The lowest BCUT2D eigenvalue weighted by Crippen LogP contribution is -2.32. The summed E-state index contributed by atoms with van der Waals surface area (Å²) in [7, 11) is -2.04. The number of esters is 1. The molecule has 0 spiro atoms. The van der Waals surface area contributed by atoms with Gasteiger partial charge < -0.3 is 14.7 Å². The van der Waals surface area contributed by atoms with Crippen LogP contribution in [0.2, 0.25) is 0 Å². The third-order valence-corrected chi connectivity index (χ3v) is 6.11. The lowest BCUT2D eigenvalue weighted by atomic mass is 10.1. The van der Waals surface area contributed by atoms with Crippen molar-refractivity contribution in [1.82, 2.24) is 14.5 Å². The number of carbonyl (C=O) groups is 2. The van der Waals surface area contributed by atoms with Gasteiger partial charge >= 0.3 is 12.1 Å². The second-order valence-electron chi connectivity index (χ2n) is 7.33. The molecule has 0 aliphatic heterocycles. The normalized spacial score (nSPS) is 13.6. The number of halogens is 3. The Kier molecular flexibility index (Phi) is 8.40. The molecule has 2 atom stereocenters. The molecule has 0 radical (unpaired) electrons. The van der Waals surface area contributed by atoms with Gasteiger partial charge in [-0.05, 0) is 32.0 Å².